The second-order valence-electron chi connectivity index (χ2n) is 4.39. The highest BCUT2D eigenvalue weighted by Gasteiger charge is 2.22. The summed E-state index contributed by atoms with van der Waals surface area (Å²) >= 11 is 0. The lowest BCUT2D eigenvalue weighted by molar-refractivity contribution is 0.318. The van der Waals surface area contributed by atoms with Crippen LogP contribution in [0.1, 0.15) is 31.9 Å². The fraction of sp³-hybridized carbons (Fsp3) is 0.500. The van der Waals surface area contributed by atoms with Gasteiger partial charge in [-0.15, -0.1) is 0 Å². The van der Waals surface area contributed by atoms with Gasteiger partial charge in [0.15, 0.2) is 5.84 Å². The van der Waals surface area contributed by atoms with E-state index < -0.39 is 0 Å². The molecule has 1 aliphatic heterocycles. The predicted molar refractivity (Wildman–Crippen MR) is 67.4 cm³/mol. The maximum Gasteiger partial charge on any atom is 0.190 e. The average molecular weight is 234 g/mol. The minimum absolute atomic E-state index is 0.0679. The molecule has 1 atom stereocenters. The molecule has 2 heterocycles. The van der Waals surface area contributed by atoms with E-state index in [0.717, 1.165) is 12.2 Å². The Balaban J connectivity index is 2.37. The number of pyridine rings is 1. The summed E-state index contributed by atoms with van der Waals surface area (Å²) in [6, 6.07) is 4.32. The quantitative estimate of drug-likeness (QED) is 0.352. The van der Waals surface area contributed by atoms with E-state index in [2.05, 4.69) is 22.0 Å². The first-order valence-corrected chi connectivity index (χ1v) is 5.93. The van der Waals surface area contributed by atoms with Crippen LogP contribution in [-0.4, -0.2) is 28.6 Å². The van der Waals surface area contributed by atoms with Gasteiger partial charge in [0.2, 0.25) is 0 Å². The van der Waals surface area contributed by atoms with Crippen LogP contribution in [0, 0.1) is 0 Å². The number of rotatable bonds is 2. The van der Waals surface area contributed by atoms with Crippen molar-refractivity contribution < 1.29 is 5.21 Å². The number of nitrogens with zero attached hydrogens (tertiary/aromatic N) is 3. The lowest BCUT2D eigenvalue weighted by Gasteiger charge is -2.36. The molecule has 0 bridgehead atoms. The summed E-state index contributed by atoms with van der Waals surface area (Å²) in [4.78, 5) is 6.48. The molecular formula is C12H18N4O. The third-order valence-electron chi connectivity index (χ3n) is 3.25. The van der Waals surface area contributed by atoms with E-state index in [1.54, 1.807) is 6.20 Å². The summed E-state index contributed by atoms with van der Waals surface area (Å²) in [7, 11) is 0. The van der Waals surface area contributed by atoms with Crippen molar-refractivity contribution in [2.24, 2.45) is 10.9 Å². The van der Waals surface area contributed by atoms with Crippen molar-refractivity contribution in [2.45, 2.75) is 32.2 Å². The normalized spacial score (nSPS) is 21.6. The number of nitrogens with two attached hydrogens (primary N) is 1. The van der Waals surface area contributed by atoms with Crippen LogP contribution in [0.3, 0.4) is 0 Å². The lowest BCUT2D eigenvalue weighted by Crippen LogP contribution is -2.39. The Labute approximate surface area is 101 Å². The van der Waals surface area contributed by atoms with Gasteiger partial charge < -0.3 is 15.8 Å². The van der Waals surface area contributed by atoms with Crippen LogP contribution in [0.25, 0.3) is 0 Å². The first-order chi connectivity index (χ1) is 8.24. The Morgan fingerprint density at radius 2 is 2.41 bits per heavy atom. The molecule has 5 heteroatoms. The molecule has 0 aromatic carbocycles. The van der Waals surface area contributed by atoms with Crippen molar-refractivity contribution in [3.63, 3.8) is 0 Å². The van der Waals surface area contributed by atoms with Gasteiger partial charge in [-0.25, -0.2) is 0 Å². The zero-order chi connectivity index (χ0) is 12.3. The monoisotopic (exact) mass is 234 g/mol. The molecule has 1 saturated heterocycles. The molecule has 1 aromatic heterocycles. The molecule has 0 aliphatic carbocycles. The van der Waals surface area contributed by atoms with E-state index in [-0.39, 0.29) is 5.84 Å². The minimum Gasteiger partial charge on any atom is -0.409 e. The van der Waals surface area contributed by atoms with Crippen LogP contribution in [0.5, 0.6) is 0 Å². The third-order valence-corrected chi connectivity index (χ3v) is 3.25. The van der Waals surface area contributed by atoms with Gasteiger partial charge in [-0.1, -0.05) is 5.16 Å². The summed E-state index contributed by atoms with van der Waals surface area (Å²) in [5.41, 5.74) is 7.17. The zero-order valence-electron chi connectivity index (χ0n) is 10.0. The second kappa shape index (κ2) is 5.03. The van der Waals surface area contributed by atoms with Crippen molar-refractivity contribution in [3.8, 4) is 0 Å². The molecule has 1 aromatic rings. The van der Waals surface area contributed by atoms with Gasteiger partial charge in [-0.2, -0.15) is 0 Å². The third kappa shape index (κ3) is 2.33. The van der Waals surface area contributed by atoms with Crippen molar-refractivity contribution in [1.29, 1.82) is 0 Å². The van der Waals surface area contributed by atoms with E-state index in [4.69, 9.17) is 10.9 Å². The van der Waals surface area contributed by atoms with E-state index in [1.165, 1.54) is 19.3 Å². The van der Waals surface area contributed by atoms with Gasteiger partial charge in [-0.3, -0.25) is 4.98 Å². The molecule has 0 saturated carbocycles. The summed E-state index contributed by atoms with van der Waals surface area (Å²) in [5.74, 6) is 0.0679. The SMILES string of the molecule is CC1CCCCN1c1cccnc1/C(N)=N/O. The number of piperidine rings is 1. The maximum atomic E-state index is 8.78. The molecule has 3 N–H and O–H groups in total. The van der Waals surface area contributed by atoms with E-state index in [1.807, 2.05) is 12.1 Å². The Bertz CT molecular complexity index is 419. The predicted octanol–water partition coefficient (Wildman–Crippen LogP) is 1.55. The van der Waals surface area contributed by atoms with Gasteiger partial charge in [0.25, 0.3) is 0 Å². The van der Waals surface area contributed by atoms with Crippen LogP contribution in [0.4, 0.5) is 5.69 Å². The first-order valence-electron chi connectivity index (χ1n) is 5.93. The molecule has 5 nitrogen and oxygen atoms in total. The Morgan fingerprint density at radius 1 is 1.59 bits per heavy atom. The van der Waals surface area contributed by atoms with Crippen molar-refractivity contribution in [1.82, 2.24) is 4.98 Å². The average Bonchev–Trinajstić information content (AvgIpc) is 2.38. The fourth-order valence-electron chi connectivity index (χ4n) is 2.33. The number of hydrogen-bond acceptors (Lipinski definition) is 4. The highest BCUT2D eigenvalue weighted by atomic mass is 16.4. The molecule has 0 radical (unpaired) electrons. The molecule has 0 amide bonds. The number of oxime groups is 1. The molecule has 1 fully saturated rings. The Morgan fingerprint density at radius 3 is 3.12 bits per heavy atom. The van der Waals surface area contributed by atoms with Gasteiger partial charge in [0, 0.05) is 18.8 Å². The van der Waals surface area contributed by atoms with E-state index in [9.17, 15) is 0 Å². The number of aromatic nitrogens is 1. The van der Waals surface area contributed by atoms with E-state index in [0.29, 0.717) is 11.7 Å². The first kappa shape index (κ1) is 11.7. The molecule has 0 spiro atoms. The molecule has 92 valence electrons. The fourth-order valence-corrected chi connectivity index (χ4v) is 2.33. The highest BCUT2D eigenvalue weighted by molar-refractivity contribution is 6.00. The molecule has 17 heavy (non-hydrogen) atoms. The van der Waals surface area contributed by atoms with Crippen molar-refractivity contribution >= 4 is 11.5 Å². The van der Waals surface area contributed by atoms with Crippen molar-refractivity contribution in [2.75, 3.05) is 11.4 Å². The summed E-state index contributed by atoms with van der Waals surface area (Å²) < 4.78 is 0. The molecule has 1 unspecified atom stereocenters. The minimum atomic E-state index is 0.0679. The van der Waals surface area contributed by atoms with Crippen LogP contribution < -0.4 is 10.6 Å². The van der Waals surface area contributed by atoms with Crippen LogP contribution in [0.15, 0.2) is 23.5 Å². The van der Waals surface area contributed by atoms with Crippen LogP contribution in [-0.2, 0) is 0 Å². The highest BCUT2D eigenvalue weighted by Crippen LogP contribution is 2.26. The number of amidine groups is 1. The largest absolute Gasteiger partial charge is 0.409 e. The van der Waals surface area contributed by atoms with Crippen LogP contribution >= 0.6 is 0 Å². The number of anilines is 1. The van der Waals surface area contributed by atoms with Gasteiger partial charge in [0.1, 0.15) is 5.69 Å². The summed E-state index contributed by atoms with van der Waals surface area (Å²) in [5, 5.41) is 11.8. The van der Waals surface area contributed by atoms with E-state index >= 15 is 0 Å². The van der Waals surface area contributed by atoms with Gasteiger partial charge in [-0.05, 0) is 38.3 Å². The van der Waals surface area contributed by atoms with Gasteiger partial charge >= 0.3 is 0 Å². The standard InChI is InChI=1S/C12H18N4O/c1-9-5-2-3-8-16(9)10-6-4-7-14-11(10)12(13)15-17/h4,6-7,9,17H,2-3,5,8H2,1H3,(H2,13,15). The van der Waals surface area contributed by atoms with Gasteiger partial charge in [0.05, 0.1) is 5.69 Å². The maximum absolute atomic E-state index is 8.78. The summed E-state index contributed by atoms with van der Waals surface area (Å²) in [6.07, 6.45) is 5.27. The van der Waals surface area contributed by atoms with Crippen LogP contribution in [0.2, 0.25) is 0 Å². The number of hydrogen-bond donors (Lipinski definition) is 2. The Hall–Kier alpha value is -1.78. The Kier molecular flexibility index (Phi) is 3.46. The lowest BCUT2D eigenvalue weighted by atomic mass is 10.0. The smallest absolute Gasteiger partial charge is 0.190 e. The van der Waals surface area contributed by atoms with Crippen molar-refractivity contribution in [3.05, 3.63) is 24.0 Å². The molecule has 2 rings (SSSR count). The zero-order valence-corrected chi connectivity index (χ0v) is 10.0. The topological polar surface area (TPSA) is 74.7 Å². The second-order valence-corrected chi connectivity index (χ2v) is 4.39. The molecular weight excluding hydrogens is 216 g/mol. The molecule has 1 aliphatic rings. The summed E-state index contributed by atoms with van der Waals surface area (Å²) in [6.45, 7) is 3.20.